The zero-order chi connectivity index (χ0) is 30.3. The molecule has 9 rings (SSSR count). The molecule has 2 aromatic heterocycles. The molecule has 0 saturated carbocycles. The van der Waals surface area contributed by atoms with E-state index in [0.717, 1.165) is 57.2 Å². The second kappa shape index (κ2) is 9.70. The zero-order valence-electron chi connectivity index (χ0n) is 24.7. The largest absolute Gasteiger partial charge is 0.363 e. The van der Waals surface area contributed by atoms with E-state index in [1.54, 1.807) is 14.1 Å². The van der Waals surface area contributed by atoms with Crippen molar-refractivity contribution in [3.05, 3.63) is 82.4 Å². The molecule has 0 radical (unpaired) electrons. The summed E-state index contributed by atoms with van der Waals surface area (Å²) in [6.07, 6.45) is 2.99. The monoisotopic (exact) mass is 588 g/mol. The third-order valence-corrected chi connectivity index (χ3v) is 9.61. The Kier molecular flexibility index (Phi) is 5.84. The fourth-order valence-corrected chi connectivity index (χ4v) is 7.39. The van der Waals surface area contributed by atoms with Gasteiger partial charge < -0.3 is 19.8 Å². The summed E-state index contributed by atoms with van der Waals surface area (Å²) in [5, 5.41) is 1.86. The van der Waals surface area contributed by atoms with E-state index >= 15 is 0 Å². The Hall–Kier alpha value is -5.12. The minimum Gasteiger partial charge on any atom is -0.363 e. The molecule has 0 unspecified atom stereocenters. The highest BCUT2D eigenvalue weighted by atomic mass is 16.2. The van der Waals surface area contributed by atoms with Crippen molar-refractivity contribution in [3.63, 3.8) is 0 Å². The molecule has 0 spiro atoms. The Morgan fingerprint density at radius 2 is 0.932 bits per heavy atom. The molecular formula is C34H32N6O4. The Bertz CT molecular complexity index is 1860. The molecule has 4 aromatic rings. The molecule has 44 heavy (non-hydrogen) atoms. The number of hydrogen-bond donors (Lipinski definition) is 2. The first-order chi connectivity index (χ1) is 21.3. The highest BCUT2D eigenvalue weighted by Gasteiger charge is 2.45. The van der Waals surface area contributed by atoms with E-state index in [2.05, 4.69) is 9.97 Å². The van der Waals surface area contributed by atoms with E-state index in [4.69, 9.17) is 0 Å². The number of rotatable bonds is 0. The lowest BCUT2D eigenvalue weighted by Gasteiger charge is -2.38. The van der Waals surface area contributed by atoms with Gasteiger partial charge in [0.2, 0.25) is 0 Å². The van der Waals surface area contributed by atoms with Crippen molar-refractivity contribution in [2.45, 2.75) is 25.7 Å². The summed E-state index contributed by atoms with van der Waals surface area (Å²) in [5.74, 6) is -1.23. The number of nitrogens with zero attached hydrogens (tertiary/aromatic N) is 4. The van der Waals surface area contributed by atoms with Gasteiger partial charge in [-0.2, -0.15) is 0 Å². The highest BCUT2D eigenvalue weighted by molar-refractivity contribution is 6.38. The van der Waals surface area contributed by atoms with Crippen LogP contribution in [0.4, 0.5) is 0 Å². The fraction of sp³-hybridized carbons (Fsp3) is 0.294. The number of H-pyrrole nitrogens is 2. The lowest BCUT2D eigenvalue weighted by molar-refractivity contribution is -0.138. The first-order valence-electron chi connectivity index (χ1n) is 15.2. The number of imide groups is 2. The van der Waals surface area contributed by atoms with Crippen LogP contribution >= 0.6 is 0 Å². The van der Waals surface area contributed by atoms with Crippen LogP contribution in [0.25, 0.3) is 33.0 Å². The van der Waals surface area contributed by atoms with Crippen LogP contribution in [-0.4, -0.2) is 93.5 Å². The van der Waals surface area contributed by atoms with E-state index in [9.17, 15) is 19.2 Å². The average Bonchev–Trinajstić information content (AvgIpc) is 3.71. The smallest absolute Gasteiger partial charge is 0.277 e. The molecular weight excluding hydrogens is 556 g/mol. The minimum atomic E-state index is -0.314. The summed E-state index contributed by atoms with van der Waals surface area (Å²) in [4.78, 5) is 68.3. The van der Waals surface area contributed by atoms with Crippen LogP contribution in [0, 0.1) is 0 Å². The van der Waals surface area contributed by atoms with Crippen LogP contribution in [0.3, 0.4) is 0 Å². The van der Waals surface area contributed by atoms with Crippen LogP contribution in [0.1, 0.15) is 35.4 Å². The van der Waals surface area contributed by atoms with Gasteiger partial charge in [0.05, 0.1) is 11.1 Å². The Morgan fingerprint density at radius 1 is 0.545 bits per heavy atom. The van der Waals surface area contributed by atoms with Gasteiger partial charge in [-0.05, 0) is 37.8 Å². The number of aromatic amines is 2. The summed E-state index contributed by atoms with van der Waals surface area (Å²) in [6, 6.07) is 15.9. The second-order valence-corrected chi connectivity index (χ2v) is 12.0. The Morgan fingerprint density at radius 3 is 1.34 bits per heavy atom. The number of para-hydroxylation sites is 2. The summed E-state index contributed by atoms with van der Waals surface area (Å²) in [7, 11) is 3.08. The van der Waals surface area contributed by atoms with Crippen molar-refractivity contribution in [3.8, 4) is 0 Å². The SMILES string of the molecule is CN1C(=O)C2=C(C1=O)N1CCN(CC1)C1=C(C(=O)N(C)C1=O)c1c([nH]c3ccccc13)CCCCc1[nH]c3ccccc3c12. The number of aryl methyl sites for hydroxylation is 2. The van der Waals surface area contributed by atoms with Crippen molar-refractivity contribution in [1.29, 1.82) is 0 Å². The van der Waals surface area contributed by atoms with Gasteiger partial charge >= 0.3 is 0 Å². The van der Waals surface area contributed by atoms with Crippen LogP contribution in [0.15, 0.2) is 59.9 Å². The van der Waals surface area contributed by atoms with Gasteiger partial charge in [0.25, 0.3) is 23.6 Å². The number of nitrogens with one attached hydrogen (secondary N) is 2. The fourth-order valence-electron chi connectivity index (χ4n) is 7.39. The number of carbonyl (C=O) groups is 4. The van der Waals surface area contributed by atoms with Gasteiger partial charge in [-0.25, -0.2) is 0 Å². The second-order valence-electron chi connectivity index (χ2n) is 12.0. The Labute approximate surface area is 253 Å². The van der Waals surface area contributed by atoms with E-state index in [1.807, 2.05) is 58.3 Å². The highest BCUT2D eigenvalue weighted by Crippen LogP contribution is 2.41. The third kappa shape index (κ3) is 3.66. The molecule has 222 valence electrons. The number of amides is 4. The summed E-state index contributed by atoms with van der Waals surface area (Å²) in [5.41, 5.74) is 7.07. The number of piperazine rings is 1. The van der Waals surface area contributed by atoms with Crippen molar-refractivity contribution in [2.75, 3.05) is 40.3 Å². The first kappa shape index (κ1) is 26.5. The van der Waals surface area contributed by atoms with E-state index in [0.29, 0.717) is 61.6 Å². The molecule has 10 nitrogen and oxygen atoms in total. The molecule has 5 aliphatic rings. The average molecular weight is 589 g/mol. The van der Waals surface area contributed by atoms with Crippen LogP contribution in [0.5, 0.6) is 0 Å². The summed E-state index contributed by atoms with van der Waals surface area (Å²) in [6.45, 7) is 1.69. The molecule has 2 N–H and O–H groups in total. The number of fused-ring (bicyclic) bond motifs is 7. The van der Waals surface area contributed by atoms with Crippen LogP contribution in [-0.2, 0) is 32.0 Å². The summed E-state index contributed by atoms with van der Waals surface area (Å²) < 4.78 is 0. The molecule has 2 aromatic carbocycles. The molecule has 5 aliphatic heterocycles. The molecule has 2 bridgehead atoms. The van der Waals surface area contributed by atoms with Crippen molar-refractivity contribution < 1.29 is 19.2 Å². The third-order valence-electron chi connectivity index (χ3n) is 9.61. The van der Waals surface area contributed by atoms with Crippen molar-refractivity contribution in [2.24, 2.45) is 0 Å². The number of benzene rings is 2. The molecule has 1 saturated heterocycles. The lowest BCUT2D eigenvalue weighted by Crippen LogP contribution is -2.48. The number of hydrogen-bond acceptors (Lipinski definition) is 6. The normalized spacial score (nSPS) is 19.6. The summed E-state index contributed by atoms with van der Waals surface area (Å²) >= 11 is 0. The maximum atomic E-state index is 13.8. The molecule has 0 aliphatic carbocycles. The quantitative estimate of drug-likeness (QED) is 0.305. The Balaban J connectivity index is 1.32. The van der Waals surface area contributed by atoms with Gasteiger partial charge in [-0.15, -0.1) is 0 Å². The molecule has 7 heterocycles. The standard InChI is InChI=1S/C34H32N6O4/c1-37-31(41)27-25-19-9-3-5-11-21(19)35-23(25)13-7-8-14-24-26(20-10-4-6-12-22(20)36-24)28-30(34(44)38(2)32(28)42)40-17-15-39(16-18-40)29(27)33(37)43/h3-6,9-12,35-36H,7-8,13-18H2,1-2H3. The van der Waals surface area contributed by atoms with Crippen molar-refractivity contribution in [1.82, 2.24) is 29.6 Å². The first-order valence-corrected chi connectivity index (χ1v) is 15.2. The maximum absolute atomic E-state index is 13.8. The minimum absolute atomic E-state index is 0.301. The van der Waals surface area contributed by atoms with E-state index < -0.39 is 0 Å². The maximum Gasteiger partial charge on any atom is 0.277 e. The predicted molar refractivity (Wildman–Crippen MR) is 166 cm³/mol. The molecule has 1 fully saturated rings. The zero-order valence-corrected chi connectivity index (χ0v) is 24.7. The van der Waals surface area contributed by atoms with E-state index in [-0.39, 0.29) is 23.6 Å². The number of carbonyl (C=O) groups excluding carboxylic acids is 4. The number of likely N-dealkylation sites (N-methyl/N-ethyl adjacent to an activating group) is 2. The molecule has 10 heteroatoms. The lowest BCUT2D eigenvalue weighted by atomic mass is 9.95. The predicted octanol–water partition coefficient (Wildman–Crippen LogP) is 3.27. The number of aromatic nitrogens is 2. The van der Waals surface area contributed by atoms with E-state index in [1.165, 1.54) is 9.80 Å². The van der Waals surface area contributed by atoms with Crippen LogP contribution < -0.4 is 0 Å². The van der Waals surface area contributed by atoms with Gasteiger partial charge in [-0.1, -0.05) is 36.4 Å². The van der Waals surface area contributed by atoms with Crippen LogP contribution in [0.2, 0.25) is 0 Å². The van der Waals surface area contributed by atoms with Gasteiger partial charge in [0.15, 0.2) is 0 Å². The van der Waals surface area contributed by atoms with Crippen molar-refractivity contribution >= 4 is 56.6 Å². The van der Waals surface area contributed by atoms with Gasteiger partial charge in [-0.3, -0.25) is 29.0 Å². The topological polar surface area (TPSA) is 113 Å². The molecule has 4 amide bonds. The molecule has 0 atom stereocenters. The van der Waals surface area contributed by atoms with Gasteiger partial charge in [0, 0.05) is 84.6 Å². The van der Waals surface area contributed by atoms with Gasteiger partial charge in [0.1, 0.15) is 11.4 Å².